The van der Waals surface area contributed by atoms with Crippen molar-refractivity contribution in [1.82, 2.24) is 0 Å². The van der Waals surface area contributed by atoms with Crippen molar-refractivity contribution in [3.8, 4) is 0 Å². The SMILES string of the molecule is CC(C)[CH2][GeH2][C]1=CC=CC1. The van der Waals surface area contributed by atoms with Crippen molar-refractivity contribution in [2.45, 2.75) is 25.5 Å². The molecule has 0 aliphatic heterocycles. The molecule has 0 radical (unpaired) electrons. The van der Waals surface area contributed by atoms with Gasteiger partial charge in [-0.3, -0.25) is 0 Å². The van der Waals surface area contributed by atoms with E-state index < -0.39 is 0 Å². The van der Waals surface area contributed by atoms with Crippen LogP contribution < -0.4 is 0 Å². The summed E-state index contributed by atoms with van der Waals surface area (Å²) in [5.74, 6) is 0.932. The second kappa shape index (κ2) is 4.02. The Labute approximate surface area is 69.9 Å². The van der Waals surface area contributed by atoms with E-state index in [1.165, 1.54) is 11.7 Å². The molecule has 1 aliphatic rings. The van der Waals surface area contributed by atoms with Crippen LogP contribution in [0.5, 0.6) is 0 Å². The minimum absolute atomic E-state index is 0.266. The molecule has 1 aliphatic carbocycles. The van der Waals surface area contributed by atoms with Gasteiger partial charge >= 0.3 is 69.5 Å². The van der Waals surface area contributed by atoms with Gasteiger partial charge in [0, 0.05) is 0 Å². The molecule has 0 unspecified atom stereocenters. The fourth-order valence-corrected chi connectivity index (χ4v) is 4.55. The van der Waals surface area contributed by atoms with E-state index in [9.17, 15) is 0 Å². The molecule has 1 heteroatoms. The fraction of sp³-hybridized carbons (Fsp3) is 0.556. The Balaban J connectivity index is 2.15. The van der Waals surface area contributed by atoms with Crippen molar-refractivity contribution in [3.05, 3.63) is 22.6 Å². The molecule has 56 valence electrons. The second-order valence-electron chi connectivity index (χ2n) is 3.39. The molecule has 0 saturated heterocycles. The Kier molecular flexibility index (Phi) is 3.26. The molecule has 0 N–H and O–H groups in total. The topological polar surface area (TPSA) is 0 Å². The normalized spacial score (nSPS) is 17.7. The van der Waals surface area contributed by atoms with Crippen LogP contribution in [0.15, 0.2) is 22.6 Å². The van der Waals surface area contributed by atoms with E-state index in [0.29, 0.717) is 0 Å². The van der Waals surface area contributed by atoms with E-state index in [1.807, 2.05) is 0 Å². The first-order valence-corrected chi connectivity index (χ1v) is 7.72. The number of hydrogen-bond donors (Lipinski definition) is 0. The number of hydrogen-bond acceptors (Lipinski definition) is 0. The molecule has 0 aromatic rings. The standard InChI is InChI=1S/C9H16Ge/c1-8(2)7-10-9-5-3-4-6-9/h3-5,8H,6-7,10H2,1-2H3. The Hall–Kier alpha value is 0.0229. The van der Waals surface area contributed by atoms with Gasteiger partial charge in [0.1, 0.15) is 0 Å². The summed E-state index contributed by atoms with van der Waals surface area (Å²) in [6, 6.07) is 0. The van der Waals surface area contributed by atoms with E-state index >= 15 is 0 Å². The van der Waals surface area contributed by atoms with Crippen LogP contribution in [-0.4, -0.2) is 15.4 Å². The van der Waals surface area contributed by atoms with Gasteiger partial charge in [-0.1, -0.05) is 0 Å². The molecule has 0 heterocycles. The van der Waals surface area contributed by atoms with Crippen molar-refractivity contribution in [1.29, 1.82) is 0 Å². The van der Waals surface area contributed by atoms with Crippen molar-refractivity contribution in [2.24, 2.45) is 5.92 Å². The molecule has 0 atom stereocenters. The third kappa shape index (κ3) is 2.74. The fourth-order valence-electron chi connectivity index (χ4n) is 1.15. The Bertz CT molecular complexity index is 154. The molecule has 0 amide bonds. The maximum atomic E-state index is 2.34. The van der Waals surface area contributed by atoms with Gasteiger partial charge in [0.15, 0.2) is 0 Å². The van der Waals surface area contributed by atoms with Crippen LogP contribution in [0.25, 0.3) is 0 Å². The van der Waals surface area contributed by atoms with Crippen LogP contribution in [0.3, 0.4) is 0 Å². The van der Waals surface area contributed by atoms with Crippen molar-refractivity contribution >= 4 is 15.4 Å². The Morgan fingerprint density at radius 1 is 1.60 bits per heavy atom. The quantitative estimate of drug-likeness (QED) is 0.607. The first-order valence-electron chi connectivity index (χ1n) is 4.13. The molecular weight excluding hydrogens is 181 g/mol. The van der Waals surface area contributed by atoms with E-state index in [4.69, 9.17) is 0 Å². The maximum absolute atomic E-state index is 2.34. The molecule has 0 nitrogen and oxygen atoms in total. The third-order valence-electron chi connectivity index (χ3n) is 1.89. The van der Waals surface area contributed by atoms with Crippen LogP contribution in [0.2, 0.25) is 5.25 Å². The zero-order valence-corrected chi connectivity index (χ0v) is 9.90. The van der Waals surface area contributed by atoms with E-state index in [-0.39, 0.29) is 15.4 Å². The summed E-state index contributed by atoms with van der Waals surface area (Å²) in [6.07, 6.45) is 8.11. The number of rotatable bonds is 3. The summed E-state index contributed by atoms with van der Waals surface area (Å²) in [5, 5.41) is 1.53. The summed E-state index contributed by atoms with van der Waals surface area (Å²) in [7, 11) is 0. The zero-order valence-electron chi connectivity index (χ0n) is 6.93. The molecule has 0 bridgehead atoms. The van der Waals surface area contributed by atoms with Crippen molar-refractivity contribution < 1.29 is 0 Å². The van der Waals surface area contributed by atoms with Gasteiger partial charge < -0.3 is 0 Å². The van der Waals surface area contributed by atoms with Gasteiger partial charge in [0.05, 0.1) is 0 Å². The molecule has 1 rings (SSSR count). The van der Waals surface area contributed by atoms with E-state index in [0.717, 1.165) is 5.92 Å². The van der Waals surface area contributed by atoms with Crippen molar-refractivity contribution in [3.63, 3.8) is 0 Å². The van der Waals surface area contributed by atoms with Gasteiger partial charge in [-0.15, -0.1) is 0 Å². The monoisotopic (exact) mass is 198 g/mol. The van der Waals surface area contributed by atoms with Crippen LogP contribution >= 0.6 is 0 Å². The average molecular weight is 197 g/mol. The summed E-state index contributed by atoms with van der Waals surface area (Å²) in [4.78, 5) is 0. The zero-order chi connectivity index (χ0) is 7.40. The predicted molar refractivity (Wildman–Crippen MR) is 50.0 cm³/mol. The van der Waals surface area contributed by atoms with Gasteiger partial charge in [0.25, 0.3) is 0 Å². The Morgan fingerprint density at radius 3 is 2.90 bits per heavy atom. The van der Waals surface area contributed by atoms with Crippen LogP contribution in [-0.2, 0) is 0 Å². The van der Waals surface area contributed by atoms with Gasteiger partial charge in [0.2, 0.25) is 0 Å². The summed E-state index contributed by atoms with van der Waals surface area (Å²) in [5.41, 5.74) is 0. The average Bonchev–Trinajstić information content (AvgIpc) is 2.34. The van der Waals surface area contributed by atoms with Gasteiger partial charge in [-0.05, 0) is 0 Å². The summed E-state index contributed by atoms with van der Waals surface area (Å²) in [6.45, 7) is 4.66. The molecule has 0 saturated carbocycles. The van der Waals surface area contributed by atoms with Crippen LogP contribution in [0.1, 0.15) is 20.3 Å². The molecular formula is C9H16Ge. The predicted octanol–water partition coefficient (Wildman–Crippen LogP) is 2.07. The van der Waals surface area contributed by atoms with E-state index in [2.05, 4.69) is 32.1 Å². The first kappa shape index (κ1) is 8.12. The summed E-state index contributed by atoms with van der Waals surface area (Å²) < 4.78 is 1.79. The van der Waals surface area contributed by atoms with E-state index in [1.54, 1.807) is 4.41 Å². The van der Waals surface area contributed by atoms with Gasteiger partial charge in [-0.25, -0.2) is 0 Å². The van der Waals surface area contributed by atoms with Crippen LogP contribution in [0.4, 0.5) is 0 Å². The number of allylic oxidation sites excluding steroid dienone is 4. The first-order chi connectivity index (χ1) is 4.79. The van der Waals surface area contributed by atoms with Gasteiger partial charge in [-0.2, -0.15) is 0 Å². The minimum atomic E-state index is -0.266. The second-order valence-corrected chi connectivity index (χ2v) is 7.56. The molecule has 0 aromatic carbocycles. The molecule has 0 aromatic heterocycles. The van der Waals surface area contributed by atoms with Crippen LogP contribution in [0, 0.1) is 5.92 Å². The third-order valence-corrected chi connectivity index (χ3v) is 7.37. The Morgan fingerprint density at radius 2 is 2.40 bits per heavy atom. The molecule has 10 heavy (non-hydrogen) atoms. The molecule has 0 spiro atoms. The summed E-state index contributed by atoms with van der Waals surface area (Å²) >= 11 is -0.266. The molecule has 0 fully saturated rings. The van der Waals surface area contributed by atoms with Crippen molar-refractivity contribution in [2.75, 3.05) is 0 Å².